The molecule has 2 nitrogen and oxygen atoms in total. The molecule has 3 heteroatoms. The van der Waals surface area contributed by atoms with Gasteiger partial charge in [-0.15, -0.1) is 0 Å². The van der Waals surface area contributed by atoms with Gasteiger partial charge in [0.05, 0.1) is 11.4 Å². The van der Waals surface area contributed by atoms with Crippen LogP contribution in [0.25, 0.3) is 0 Å². The quantitative estimate of drug-likeness (QED) is 0.642. The van der Waals surface area contributed by atoms with Gasteiger partial charge in [0.1, 0.15) is 5.82 Å². The number of nitrogen functional groups attached to an aromatic ring is 1. The van der Waals surface area contributed by atoms with Crippen molar-refractivity contribution in [3.8, 4) is 0 Å². The van der Waals surface area contributed by atoms with Gasteiger partial charge in [0, 0.05) is 13.1 Å². The van der Waals surface area contributed by atoms with Gasteiger partial charge >= 0.3 is 0 Å². The number of halogens is 1. The molecule has 0 atom stereocenters. The van der Waals surface area contributed by atoms with Crippen molar-refractivity contribution in [2.24, 2.45) is 0 Å². The van der Waals surface area contributed by atoms with E-state index < -0.39 is 0 Å². The summed E-state index contributed by atoms with van der Waals surface area (Å²) in [6, 6.07) is 4.94. The molecule has 1 aromatic carbocycles. The zero-order valence-electron chi connectivity index (χ0n) is 6.76. The highest BCUT2D eigenvalue weighted by molar-refractivity contribution is 5.68. The zero-order valence-corrected chi connectivity index (χ0v) is 6.76. The Morgan fingerprint density at radius 2 is 2.08 bits per heavy atom. The van der Waals surface area contributed by atoms with Crippen LogP contribution in [0, 0.1) is 5.82 Å². The number of benzene rings is 1. The monoisotopic (exact) mass is 166 g/mol. The van der Waals surface area contributed by atoms with Crippen molar-refractivity contribution >= 4 is 11.4 Å². The normalized spacial score (nSPS) is 15.9. The Morgan fingerprint density at radius 3 is 2.67 bits per heavy atom. The lowest BCUT2D eigenvalue weighted by atomic mass is 10.1. The van der Waals surface area contributed by atoms with E-state index in [1.54, 1.807) is 6.07 Å². The third-order valence-electron chi connectivity index (χ3n) is 2.23. The molecule has 1 fully saturated rings. The molecule has 0 aromatic heterocycles. The summed E-state index contributed by atoms with van der Waals surface area (Å²) in [6.07, 6.45) is 1.18. The molecule has 1 aliphatic rings. The van der Waals surface area contributed by atoms with E-state index in [1.165, 1.54) is 12.5 Å². The summed E-state index contributed by atoms with van der Waals surface area (Å²) < 4.78 is 12.9. The third-order valence-corrected chi connectivity index (χ3v) is 2.23. The molecule has 0 amide bonds. The molecule has 12 heavy (non-hydrogen) atoms. The Morgan fingerprint density at radius 1 is 1.33 bits per heavy atom. The fraction of sp³-hybridized carbons (Fsp3) is 0.333. The fourth-order valence-electron chi connectivity index (χ4n) is 1.36. The summed E-state index contributed by atoms with van der Waals surface area (Å²) in [5.41, 5.74) is 6.69. The van der Waals surface area contributed by atoms with E-state index in [4.69, 9.17) is 5.73 Å². The largest absolute Gasteiger partial charge is 0.395 e. The smallest absolute Gasteiger partial charge is 0.148 e. The summed E-state index contributed by atoms with van der Waals surface area (Å²) in [4.78, 5) is 2.08. The van der Waals surface area contributed by atoms with E-state index in [9.17, 15) is 4.39 Å². The lowest BCUT2D eigenvalue weighted by molar-refractivity contribution is 0.607. The number of anilines is 2. The van der Waals surface area contributed by atoms with Gasteiger partial charge in [0.15, 0.2) is 0 Å². The first-order valence-corrected chi connectivity index (χ1v) is 4.08. The maximum atomic E-state index is 12.9. The topological polar surface area (TPSA) is 29.3 Å². The minimum absolute atomic E-state index is 0.275. The molecule has 1 aromatic rings. The summed E-state index contributed by atoms with van der Waals surface area (Å²) in [5, 5.41) is 0. The van der Waals surface area contributed by atoms with Crippen molar-refractivity contribution < 1.29 is 4.39 Å². The van der Waals surface area contributed by atoms with Gasteiger partial charge in [-0.25, -0.2) is 4.39 Å². The van der Waals surface area contributed by atoms with Crippen LogP contribution >= 0.6 is 0 Å². The molecule has 0 radical (unpaired) electrons. The molecule has 0 bridgehead atoms. The Bertz CT molecular complexity index is 295. The van der Waals surface area contributed by atoms with Gasteiger partial charge in [-0.05, 0) is 18.6 Å². The number of hydrogen-bond donors (Lipinski definition) is 1. The van der Waals surface area contributed by atoms with Crippen LogP contribution in [0.5, 0.6) is 0 Å². The predicted octanol–water partition coefficient (Wildman–Crippen LogP) is 1.62. The first-order chi connectivity index (χ1) is 5.79. The molecule has 0 spiro atoms. The van der Waals surface area contributed by atoms with Gasteiger partial charge in [0.25, 0.3) is 0 Å². The van der Waals surface area contributed by atoms with Crippen molar-refractivity contribution in [3.05, 3.63) is 24.0 Å². The second kappa shape index (κ2) is 2.66. The minimum Gasteiger partial charge on any atom is -0.395 e. The van der Waals surface area contributed by atoms with Gasteiger partial charge in [-0.2, -0.15) is 0 Å². The van der Waals surface area contributed by atoms with E-state index in [2.05, 4.69) is 4.90 Å². The maximum Gasteiger partial charge on any atom is 0.148 e. The third kappa shape index (κ3) is 1.02. The van der Waals surface area contributed by atoms with Crippen LogP contribution in [0.3, 0.4) is 0 Å². The molecular formula is C9H11FN2. The van der Waals surface area contributed by atoms with E-state index in [0.29, 0.717) is 0 Å². The van der Waals surface area contributed by atoms with E-state index in [-0.39, 0.29) is 11.5 Å². The number of rotatable bonds is 1. The molecule has 0 saturated carbocycles. The summed E-state index contributed by atoms with van der Waals surface area (Å²) >= 11 is 0. The number of nitrogens with zero attached hydrogens (tertiary/aromatic N) is 1. The molecule has 2 rings (SSSR count). The van der Waals surface area contributed by atoms with Crippen LogP contribution < -0.4 is 10.6 Å². The number of nitrogens with two attached hydrogens (primary N) is 1. The maximum absolute atomic E-state index is 12.9. The highest BCUT2D eigenvalue weighted by atomic mass is 19.1. The van der Waals surface area contributed by atoms with Crippen LogP contribution in [-0.4, -0.2) is 13.1 Å². The molecular weight excluding hydrogens is 155 g/mol. The lowest BCUT2D eigenvalue weighted by Crippen LogP contribution is -2.37. The molecule has 0 unspecified atom stereocenters. The van der Waals surface area contributed by atoms with Gasteiger partial charge < -0.3 is 10.6 Å². The highest BCUT2D eigenvalue weighted by Crippen LogP contribution is 2.28. The van der Waals surface area contributed by atoms with Crippen molar-refractivity contribution in [2.75, 3.05) is 23.7 Å². The first kappa shape index (κ1) is 7.40. The molecule has 64 valence electrons. The van der Waals surface area contributed by atoms with Crippen LogP contribution in [0.1, 0.15) is 6.42 Å². The minimum atomic E-state index is -0.320. The number of para-hydroxylation sites is 1. The van der Waals surface area contributed by atoms with Crippen LogP contribution in [0.2, 0.25) is 0 Å². The average molecular weight is 166 g/mol. The van der Waals surface area contributed by atoms with Crippen molar-refractivity contribution in [1.82, 2.24) is 0 Å². The highest BCUT2D eigenvalue weighted by Gasteiger charge is 2.17. The van der Waals surface area contributed by atoms with Crippen molar-refractivity contribution in [3.63, 3.8) is 0 Å². The Kier molecular flexibility index (Phi) is 1.64. The molecule has 1 saturated heterocycles. The van der Waals surface area contributed by atoms with Gasteiger partial charge in [-0.1, -0.05) is 6.07 Å². The fourth-order valence-corrected chi connectivity index (χ4v) is 1.36. The SMILES string of the molecule is Nc1c(F)cccc1N1CCC1. The molecule has 2 N–H and O–H groups in total. The Balaban J connectivity index is 2.36. The lowest BCUT2D eigenvalue weighted by Gasteiger charge is -2.34. The second-order valence-electron chi connectivity index (χ2n) is 3.01. The van der Waals surface area contributed by atoms with Gasteiger partial charge in [-0.3, -0.25) is 0 Å². The summed E-state index contributed by atoms with van der Waals surface area (Å²) in [5.74, 6) is -0.320. The Hall–Kier alpha value is -1.25. The zero-order chi connectivity index (χ0) is 8.55. The van der Waals surface area contributed by atoms with Gasteiger partial charge in [0.2, 0.25) is 0 Å². The Labute approximate surface area is 70.8 Å². The number of hydrogen-bond acceptors (Lipinski definition) is 2. The molecule has 1 aliphatic heterocycles. The van der Waals surface area contributed by atoms with Crippen molar-refractivity contribution in [1.29, 1.82) is 0 Å². The predicted molar refractivity (Wildman–Crippen MR) is 47.6 cm³/mol. The van der Waals surface area contributed by atoms with E-state index in [1.807, 2.05) is 6.07 Å². The molecule has 1 heterocycles. The standard InChI is InChI=1S/C9H11FN2/c10-7-3-1-4-8(9(7)11)12-5-2-6-12/h1,3-4H,2,5-6,11H2. The van der Waals surface area contributed by atoms with E-state index >= 15 is 0 Å². The first-order valence-electron chi connectivity index (χ1n) is 4.08. The van der Waals surface area contributed by atoms with Crippen LogP contribution in [0.4, 0.5) is 15.8 Å². The van der Waals surface area contributed by atoms with Crippen LogP contribution in [0.15, 0.2) is 18.2 Å². The van der Waals surface area contributed by atoms with Crippen molar-refractivity contribution in [2.45, 2.75) is 6.42 Å². The molecule has 0 aliphatic carbocycles. The average Bonchev–Trinajstić information content (AvgIpc) is 1.95. The van der Waals surface area contributed by atoms with Crippen LogP contribution in [-0.2, 0) is 0 Å². The summed E-state index contributed by atoms with van der Waals surface area (Å²) in [6.45, 7) is 1.99. The second-order valence-corrected chi connectivity index (χ2v) is 3.01. The summed E-state index contributed by atoms with van der Waals surface area (Å²) in [7, 11) is 0. The van der Waals surface area contributed by atoms with E-state index in [0.717, 1.165) is 18.8 Å².